The fraction of sp³-hybridized carbons (Fsp3) is 0.391. The number of nitrogens with one attached hydrogen (secondary N) is 1. The first-order chi connectivity index (χ1) is 14.1. The second-order valence-corrected chi connectivity index (χ2v) is 8.69. The van der Waals surface area contributed by atoms with Crippen molar-refractivity contribution < 1.29 is 4.79 Å². The molecule has 0 bridgehead atoms. The lowest BCUT2D eigenvalue weighted by molar-refractivity contribution is -0.120. The third-order valence-electron chi connectivity index (χ3n) is 5.53. The molecule has 1 amide bonds. The van der Waals surface area contributed by atoms with Crippen molar-refractivity contribution in [2.75, 3.05) is 44.2 Å². The highest BCUT2D eigenvalue weighted by Gasteiger charge is 2.20. The van der Waals surface area contributed by atoms with Crippen molar-refractivity contribution in [2.45, 2.75) is 20.3 Å². The van der Waals surface area contributed by atoms with Crippen molar-refractivity contribution >= 4 is 32.6 Å². The van der Waals surface area contributed by atoms with Crippen LogP contribution in [0.25, 0.3) is 10.2 Å². The van der Waals surface area contributed by atoms with Crippen molar-refractivity contribution in [2.24, 2.45) is 0 Å². The Balaban J connectivity index is 1.24. The van der Waals surface area contributed by atoms with Gasteiger partial charge in [0, 0.05) is 39.3 Å². The summed E-state index contributed by atoms with van der Waals surface area (Å²) >= 11 is 1.81. The number of rotatable bonds is 6. The fourth-order valence-corrected chi connectivity index (χ4v) is 4.91. The summed E-state index contributed by atoms with van der Waals surface area (Å²) in [5.41, 5.74) is 4.76. The number of nitrogens with zero attached hydrogens (tertiary/aromatic N) is 3. The van der Waals surface area contributed by atoms with Crippen LogP contribution in [0.1, 0.15) is 16.7 Å². The van der Waals surface area contributed by atoms with E-state index < -0.39 is 0 Å². The van der Waals surface area contributed by atoms with Gasteiger partial charge in [-0.1, -0.05) is 53.8 Å². The lowest BCUT2D eigenvalue weighted by atomic mass is 10.1. The number of aromatic nitrogens is 1. The van der Waals surface area contributed by atoms with Crippen LogP contribution < -0.4 is 10.2 Å². The minimum absolute atomic E-state index is 0.0926. The largest absolute Gasteiger partial charge is 0.355 e. The number of hydrogen-bond donors (Lipinski definition) is 1. The van der Waals surface area contributed by atoms with Gasteiger partial charge in [-0.15, -0.1) is 0 Å². The van der Waals surface area contributed by atoms with Gasteiger partial charge in [0.2, 0.25) is 5.91 Å². The van der Waals surface area contributed by atoms with Crippen molar-refractivity contribution in [3.63, 3.8) is 0 Å². The molecule has 6 heteroatoms. The molecule has 1 aromatic heterocycles. The molecule has 152 valence electrons. The molecule has 0 saturated carbocycles. The van der Waals surface area contributed by atoms with E-state index in [1.165, 1.54) is 15.8 Å². The molecule has 4 rings (SSSR count). The van der Waals surface area contributed by atoms with E-state index in [2.05, 4.69) is 41.1 Å². The molecule has 0 unspecified atom stereocenters. The van der Waals surface area contributed by atoms with Gasteiger partial charge in [-0.2, -0.15) is 0 Å². The van der Waals surface area contributed by atoms with E-state index >= 15 is 0 Å². The van der Waals surface area contributed by atoms with Gasteiger partial charge in [0.25, 0.3) is 0 Å². The monoisotopic (exact) mass is 408 g/mol. The van der Waals surface area contributed by atoms with Crippen molar-refractivity contribution in [1.82, 2.24) is 15.2 Å². The Morgan fingerprint density at radius 1 is 1.03 bits per heavy atom. The number of amides is 1. The average Bonchev–Trinajstić information content (AvgIpc) is 3.19. The van der Waals surface area contributed by atoms with E-state index in [1.54, 1.807) is 0 Å². The smallest absolute Gasteiger partial charge is 0.224 e. The second kappa shape index (κ2) is 8.93. The molecular weight excluding hydrogens is 380 g/mol. The summed E-state index contributed by atoms with van der Waals surface area (Å²) in [7, 11) is 0. The minimum Gasteiger partial charge on any atom is -0.355 e. The SMILES string of the molecule is Cc1ccc(C)c2sc(N3CCN(CCNC(=O)Cc4ccccc4)CC3)nc12. The molecule has 3 aromatic rings. The Labute approximate surface area is 176 Å². The fourth-order valence-electron chi connectivity index (χ4n) is 3.74. The molecule has 1 saturated heterocycles. The first-order valence-electron chi connectivity index (χ1n) is 10.2. The predicted molar refractivity (Wildman–Crippen MR) is 121 cm³/mol. The van der Waals surface area contributed by atoms with E-state index in [0.717, 1.165) is 48.9 Å². The van der Waals surface area contributed by atoms with Gasteiger partial charge >= 0.3 is 0 Å². The maximum atomic E-state index is 12.1. The maximum Gasteiger partial charge on any atom is 0.224 e. The van der Waals surface area contributed by atoms with Crippen LogP contribution in [-0.4, -0.2) is 55.1 Å². The Morgan fingerprint density at radius 2 is 1.76 bits per heavy atom. The summed E-state index contributed by atoms with van der Waals surface area (Å²) in [5, 5.41) is 4.18. The number of anilines is 1. The second-order valence-electron chi connectivity index (χ2n) is 7.71. The molecule has 0 aliphatic carbocycles. The van der Waals surface area contributed by atoms with Crippen LogP contribution in [0.15, 0.2) is 42.5 Å². The van der Waals surface area contributed by atoms with Gasteiger partial charge in [0.15, 0.2) is 5.13 Å². The third kappa shape index (κ3) is 4.77. The molecule has 2 heterocycles. The highest BCUT2D eigenvalue weighted by atomic mass is 32.1. The van der Waals surface area contributed by atoms with Crippen LogP contribution in [0, 0.1) is 13.8 Å². The van der Waals surface area contributed by atoms with Crippen LogP contribution in [-0.2, 0) is 11.2 Å². The molecule has 0 radical (unpaired) electrons. The first-order valence-corrected chi connectivity index (χ1v) is 11.1. The lowest BCUT2D eigenvalue weighted by Crippen LogP contribution is -2.48. The molecule has 1 N–H and O–H groups in total. The number of benzene rings is 2. The van der Waals surface area contributed by atoms with E-state index in [1.807, 2.05) is 41.7 Å². The predicted octanol–water partition coefficient (Wildman–Crippen LogP) is 3.39. The number of aryl methyl sites for hydroxylation is 2. The Hall–Kier alpha value is -2.44. The highest BCUT2D eigenvalue weighted by molar-refractivity contribution is 7.22. The van der Waals surface area contributed by atoms with Crippen molar-refractivity contribution in [3.05, 3.63) is 59.2 Å². The maximum absolute atomic E-state index is 12.1. The van der Waals surface area contributed by atoms with Gasteiger partial charge in [-0.05, 0) is 30.5 Å². The van der Waals surface area contributed by atoms with Crippen molar-refractivity contribution in [3.8, 4) is 0 Å². The number of thiazole rings is 1. The van der Waals surface area contributed by atoms with E-state index in [9.17, 15) is 4.79 Å². The van der Waals surface area contributed by atoms with Crippen LogP contribution in [0.4, 0.5) is 5.13 Å². The van der Waals surface area contributed by atoms with Crippen LogP contribution in [0.2, 0.25) is 0 Å². The number of piperazine rings is 1. The third-order valence-corrected chi connectivity index (χ3v) is 6.78. The Kier molecular flexibility index (Phi) is 6.11. The molecule has 1 aliphatic heterocycles. The summed E-state index contributed by atoms with van der Waals surface area (Å²) in [5.74, 6) is 0.0926. The number of carbonyl (C=O) groups excluding carboxylic acids is 1. The summed E-state index contributed by atoms with van der Waals surface area (Å²) in [6.07, 6.45) is 0.449. The standard InChI is InChI=1S/C23H28N4OS/c1-17-8-9-18(2)22-21(17)25-23(29-22)27-14-12-26(13-15-27)11-10-24-20(28)16-19-6-4-3-5-7-19/h3-9H,10-16H2,1-2H3,(H,24,28). The Bertz CT molecular complexity index is 938. The molecule has 29 heavy (non-hydrogen) atoms. The molecule has 1 aliphatic rings. The number of hydrogen-bond acceptors (Lipinski definition) is 5. The zero-order chi connectivity index (χ0) is 20.2. The molecular formula is C23H28N4OS. The highest BCUT2D eigenvalue weighted by Crippen LogP contribution is 2.33. The minimum atomic E-state index is 0.0926. The summed E-state index contributed by atoms with van der Waals surface area (Å²) < 4.78 is 1.31. The molecule has 2 aromatic carbocycles. The average molecular weight is 409 g/mol. The van der Waals surface area contributed by atoms with E-state index in [0.29, 0.717) is 13.0 Å². The van der Waals surface area contributed by atoms with Crippen molar-refractivity contribution in [1.29, 1.82) is 0 Å². The van der Waals surface area contributed by atoms with Crippen LogP contribution in [0.5, 0.6) is 0 Å². The zero-order valence-corrected chi connectivity index (χ0v) is 18.0. The van der Waals surface area contributed by atoms with E-state index in [-0.39, 0.29) is 5.91 Å². The van der Waals surface area contributed by atoms with Gasteiger partial charge in [-0.3, -0.25) is 9.69 Å². The summed E-state index contributed by atoms with van der Waals surface area (Å²) in [6.45, 7) is 9.86. The number of fused-ring (bicyclic) bond motifs is 1. The molecule has 0 spiro atoms. The lowest BCUT2D eigenvalue weighted by Gasteiger charge is -2.34. The topological polar surface area (TPSA) is 48.5 Å². The van der Waals surface area contributed by atoms with Crippen LogP contribution >= 0.6 is 11.3 Å². The molecule has 0 atom stereocenters. The van der Waals surface area contributed by atoms with Crippen LogP contribution in [0.3, 0.4) is 0 Å². The van der Waals surface area contributed by atoms with Gasteiger partial charge in [0.1, 0.15) is 0 Å². The molecule has 1 fully saturated rings. The summed E-state index contributed by atoms with van der Waals surface area (Å²) in [6, 6.07) is 14.2. The van der Waals surface area contributed by atoms with Gasteiger partial charge in [-0.25, -0.2) is 4.98 Å². The Morgan fingerprint density at radius 3 is 2.48 bits per heavy atom. The number of carbonyl (C=O) groups is 1. The quantitative estimate of drug-likeness (QED) is 0.679. The zero-order valence-electron chi connectivity index (χ0n) is 17.1. The summed E-state index contributed by atoms with van der Waals surface area (Å²) in [4.78, 5) is 21.8. The van der Waals surface area contributed by atoms with E-state index in [4.69, 9.17) is 4.98 Å². The molecule has 5 nitrogen and oxygen atoms in total. The van der Waals surface area contributed by atoms with Gasteiger partial charge < -0.3 is 10.2 Å². The van der Waals surface area contributed by atoms with Gasteiger partial charge in [0.05, 0.1) is 16.6 Å². The normalized spacial score (nSPS) is 15.0. The first kappa shape index (κ1) is 19.9.